The third-order valence-electron chi connectivity index (χ3n) is 4.67. The summed E-state index contributed by atoms with van der Waals surface area (Å²) in [6.07, 6.45) is 1.68. The van der Waals surface area contributed by atoms with Gasteiger partial charge in [0.05, 0.1) is 11.0 Å². The molecular formula is C18H17FN2O4. The van der Waals surface area contributed by atoms with Crippen LogP contribution in [0.5, 0.6) is 11.5 Å². The van der Waals surface area contributed by atoms with E-state index in [-0.39, 0.29) is 6.04 Å². The maximum atomic E-state index is 14.0. The number of rotatable bonds is 3. The van der Waals surface area contributed by atoms with E-state index in [1.54, 1.807) is 6.07 Å². The molecule has 0 saturated carbocycles. The molecule has 0 aromatic heterocycles. The first-order valence-electron chi connectivity index (χ1n) is 8.25. The Balaban J connectivity index is 1.78. The second-order valence-corrected chi connectivity index (χ2v) is 6.09. The number of nitro groups is 1. The van der Waals surface area contributed by atoms with Crippen molar-refractivity contribution in [2.24, 2.45) is 0 Å². The van der Waals surface area contributed by atoms with Crippen LogP contribution in [0.4, 0.5) is 15.8 Å². The van der Waals surface area contributed by atoms with Crippen molar-refractivity contribution in [3.05, 3.63) is 57.9 Å². The van der Waals surface area contributed by atoms with Crippen LogP contribution in [0.1, 0.15) is 24.4 Å². The first-order chi connectivity index (χ1) is 12.2. The van der Waals surface area contributed by atoms with Gasteiger partial charge in [0.2, 0.25) is 5.82 Å². The molecule has 0 N–H and O–H groups in total. The van der Waals surface area contributed by atoms with E-state index < -0.39 is 16.4 Å². The molecule has 130 valence electrons. The minimum atomic E-state index is -0.817. The lowest BCUT2D eigenvalue weighted by Gasteiger charge is -2.30. The van der Waals surface area contributed by atoms with Crippen molar-refractivity contribution in [1.82, 2.24) is 0 Å². The van der Waals surface area contributed by atoms with Gasteiger partial charge in [0.1, 0.15) is 18.9 Å². The number of benzene rings is 2. The molecule has 0 spiro atoms. The van der Waals surface area contributed by atoms with E-state index in [2.05, 4.69) is 0 Å². The molecule has 25 heavy (non-hydrogen) atoms. The van der Waals surface area contributed by atoms with Crippen molar-refractivity contribution in [1.29, 1.82) is 0 Å². The van der Waals surface area contributed by atoms with E-state index in [1.165, 1.54) is 6.07 Å². The van der Waals surface area contributed by atoms with E-state index >= 15 is 0 Å². The lowest BCUT2D eigenvalue weighted by Crippen LogP contribution is -2.25. The highest BCUT2D eigenvalue weighted by Crippen LogP contribution is 2.46. The summed E-state index contributed by atoms with van der Waals surface area (Å²) in [6, 6.07) is 9.80. The molecule has 0 aliphatic carbocycles. The minimum Gasteiger partial charge on any atom is -0.486 e. The van der Waals surface area contributed by atoms with Crippen molar-refractivity contribution in [2.75, 3.05) is 24.7 Å². The topological polar surface area (TPSA) is 64.8 Å². The van der Waals surface area contributed by atoms with Crippen LogP contribution in [0.2, 0.25) is 0 Å². The summed E-state index contributed by atoms with van der Waals surface area (Å²) in [5.74, 6) is 0.553. The SMILES string of the molecule is O=[N+]([O-])c1c(F)cccc1N1CCCC1c1cccc2c1OCCO2. The van der Waals surface area contributed by atoms with E-state index in [9.17, 15) is 14.5 Å². The zero-order chi connectivity index (χ0) is 17.4. The lowest BCUT2D eigenvalue weighted by molar-refractivity contribution is -0.386. The number of ether oxygens (including phenoxy) is 2. The predicted octanol–water partition coefficient (Wildman–Crippen LogP) is 3.85. The average molecular weight is 344 g/mol. The van der Waals surface area contributed by atoms with Crippen LogP contribution >= 0.6 is 0 Å². The van der Waals surface area contributed by atoms with Crippen LogP contribution in [-0.2, 0) is 0 Å². The van der Waals surface area contributed by atoms with Crippen molar-refractivity contribution in [3.63, 3.8) is 0 Å². The molecule has 1 fully saturated rings. The van der Waals surface area contributed by atoms with Gasteiger partial charge in [-0.25, -0.2) is 0 Å². The van der Waals surface area contributed by atoms with E-state index in [1.807, 2.05) is 23.1 Å². The minimum absolute atomic E-state index is 0.114. The Labute approximate surface area is 143 Å². The third kappa shape index (κ3) is 2.65. The first kappa shape index (κ1) is 15.7. The largest absolute Gasteiger partial charge is 0.486 e. The van der Waals surface area contributed by atoms with Gasteiger partial charge in [0, 0.05) is 12.1 Å². The Morgan fingerprint density at radius 2 is 1.96 bits per heavy atom. The molecule has 2 aromatic rings. The van der Waals surface area contributed by atoms with Crippen LogP contribution in [0.25, 0.3) is 0 Å². The summed E-state index contributed by atoms with van der Waals surface area (Å²) in [6.45, 7) is 1.59. The molecule has 2 aromatic carbocycles. The second kappa shape index (κ2) is 6.23. The summed E-state index contributed by atoms with van der Waals surface area (Å²) in [5.41, 5.74) is 0.756. The molecule has 4 rings (SSSR count). The molecule has 0 bridgehead atoms. The fourth-order valence-electron chi connectivity index (χ4n) is 3.65. The van der Waals surface area contributed by atoms with Crippen LogP contribution in [0.15, 0.2) is 36.4 Å². The first-order valence-corrected chi connectivity index (χ1v) is 8.25. The molecular weight excluding hydrogens is 327 g/mol. The summed E-state index contributed by atoms with van der Waals surface area (Å²) in [5, 5.41) is 11.4. The van der Waals surface area contributed by atoms with Gasteiger partial charge < -0.3 is 14.4 Å². The van der Waals surface area contributed by atoms with Crippen molar-refractivity contribution >= 4 is 11.4 Å². The zero-order valence-corrected chi connectivity index (χ0v) is 13.5. The standard InChI is InChI=1S/C18H17FN2O4/c19-13-5-2-6-15(17(13)21(22)23)20-9-3-7-14(20)12-4-1-8-16-18(12)25-11-10-24-16/h1-2,4-6,8,14H,3,7,9-11H2. The number of para-hydroxylation sites is 2. The highest BCUT2D eigenvalue weighted by atomic mass is 19.1. The van der Waals surface area contributed by atoms with Gasteiger partial charge in [-0.15, -0.1) is 0 Å². The van der Waals surface area contributed by atoms with Crippen LogP contribution in [0, 0.1) is 15.9 Å². The highest BCUT2D eigenvalue weighted by molar-refractivity contribution is 5.66. The summed E-state index contributed by atoms with van der Waals surface area (Å²) in [4.78, 5) is 12.6. The molecule has 6 nitrogen and oxygen atoms in total. The Bertz CT molecular complexity index is 827. The molecule has 0 radical (unpaired) electrons. The van der Waals surface area contributed by atoms with Gasteiger partial charge in [-0.05, 0) is 31.0 Å². The number of nitro benzene ring substituents is 1. The number of fused-ring (bicyclic) bond motifs is 1. The number of hydrogen-bond donors (Lipinski definition) is 0. The van der Waals surface area contributed by atoms with Crippen molar-refractivity contribution < 1.29 is 18.8 Å². The Kier molecular flexibility index (Phi) is 3.91. The smallest absolute Gasteiger partial charge is 0.327 e. The number of hydrogen-bond acceptors (Lipinski definition) is 5. The fourth-order valence-corrected chi connectivity index (χ4v) is 3.65. The van der Waals surface area contributed by atoms with Gasteiger partial charge in [0.25, 0.3) is 0 Å². The number of nitrogens with zero attached hydrogens (tertiary/aromatic N) is 2. The zero-order valence-electron chi connectivity index (χ0n) is 13.5. The summed E-state index contributed by atoms with van der Waals surface area (Å²) >= 11 is 0. The van der Waals surface area contributed by atoms with Crippen molar-refractivity contribution in [3.8, 4) is 11.5 Å². The highest BCUT2D eigenvalue weighted by Gasteiger charge is 2.35. The van der Waals surface area contributed by atoms with Gasteiger partial charge in [-0.3, -0.25) is 10.1 Å². The second-order valence-electron chi connectivity index (χ2n) is 6.09. The predicted molar refractivity (Wildman–Crippen MR) is 89.8 cm³/mol. The van der Waals surface area contributed by atoms with Gasteiger partial charge in [0.15, 0.2) is 11.5 Å². The van der Waals surface area contributed by atoms with Gasteiger partial charge >= 0.3 is 5.69 Å². The fraction of sp³-hybridized carbons (Fsp3) is 0.333. The average Bonchev–Trinajstić information content (AvgIpc) is 3.10. The summed E-state index contributed by atoms with van der Waals surface area (Å²) in [7, 11) is 0. The molecule has 2 heterocycles. The lowest BCUT2D eigenvalue weighted by atomic mass is 10.0. The molecule has 0 amide bonds. The Hall–Kier alpha value is -2.83. The molecule has 1 saturated heterocycles. The van der Waals surface area contributed by atoms with Crippen LogP contribution < -0.4 is 14.4 Å². The number of anilines is 1. The Morgan fingerprint density at radius 3 is 2.80 bits per heavy atom. The maximum absolute atomic E-state index is 14.0. The van der Waals surface area contributed by atoms with E-state index in [0.717, 1.165) is 24.5 Å². The van der Waals surface area contributed by atoms with Crippen LogP contribution in [0.3, 0.4) is 0 Å². The quantitative estimate of drug-likeness (QED) is 0.625. The Morgan fingerprint density at radius 1 is 1.16 bits per heavy atom. The van der Waals surface area contributed by atoms with Gasteiger partial charge in [-0.2, -0.15) is 4.39 Å². The van der Waals surface area contributed by atoms with Crippen LogP contribution in [-0.4, -0.2) is 24.7 Å². The van der Waals surface area contributed by atoms with E-state index in [0.29, 0.717) is 36.9 Å². The number of halogens is 1. The normalized spacial score (nSPS) is 19.1. The summed E-state index contributed by atoms with van der Waals surface area (Å²) < 4.78 is 25.5. The maximum Gasteiger partial charge on any atom is 0.327 e. The molecule has 2 aliphatic rings. The molecule has 1 unspecified atom stereocenters. The third-order valence-corrected chi connectivity index (χ3v) is 4.67. The van der Waals surface area contributed by atoms with Gasteiger partial charge in [-0.1, -0.05) is 18.2 Å². The van der Waals surface area contributed by atoms with Crippen molar-refractivity contribution in [2.45, 2.75) is 18.9 Å². The molecule has 7 heteroatoms. The molecule has 2 aliphatic heterocycles. The monoisotopic (exact) mass is 344 g/mol. The van der Waals surface area contributed by atoms with E-state index in [4.69, 9.17) is 9.47 Å². The molecule has 1 atom stereocenters.